The second-order valence-corrected chi connectivity index (χ2v) is 10.4. The summed E-state index contributed by atoms with van der Waals surface area (Å²) in [5.74, 6) is -0.385. The minimum atomic E-state index is -3.77. The van der Waals surface area contributed by atoms with Gasteiger partial charge in [0, 0.05) is 10.0 Å². The highest BCUT2D eigenvalue weighted by Gasteiger charge is 2.32. The quantitative estimate of drug-likeness (QED) is 0.593. The Kier molecular flexibility index (Phi) is 7.83. The third-order valence-electron chi connectivity index (χ3n) is 5.14. The SMILES string of the molecule is CCC(C(=O)NC(C)c1cc(C)c(C)cc1C)N(c1cc(Cl)cc(Cl)c1)S(C)(=O)=O. The second-order valence-electron chi connectivity index (χ2n) is 7.63. The number of sulfonamides is 1. The number of anilines is 1. The van der Waals surface area contributed by atoms with Crippen LogP contribution in [-0.4, -0.2) is 26.6 Å². The number of hydrogen-bond acceptors (Lipinski definition) is 3. The highest BCUT2D eigenvalue weighted by molar-refractivity contribution is 7.92. The van der Waals surface area contributed by atoms with Crippen molar-refractivity contribution in [2.24, 2.45) is 0 Å². The average molecular weight is 471 g/mol. The lowest BCUT2D eigenvalue weighted by molar-refractivity contribution is -0.122. The fourth-order valence-corrected chi connectivity index (χ4v) is 5.27. The maximum atomic E-state index is 13.2. The lowest BCUT2D eigenvalue weighted by Gasteiger charge is -2.31. The summed E-state index contributed by atoms with van der Waals surface area (Å²) in [6.07, 6.45) is 1.34. The number of carbonyl (C=O) groups is 1. The third-order valence-corrected chi connectivity index (χ3v) is 6.76. The Morgan fingerprint density at radius 1 is 1.00 bits per heavy atom. The minimum Gasteiger partial charge on any atom is -0.348 e. The Balaban J connectivity index is 2.40. The first kappa shape index (κ1) is 24.5. The van der Waals surface area contributed by atoms with Crippen molar-refractivity contribution < 1.29 is 13.2 Å². The zero-order valence-electron chi connectivity index (χ0n) is 18.1. The summed E-state index contributed by atoms with van der Waals surface area (Å²) in [6.45, 7) is 9.72. The molecule has 1 N–H and O–H groups in total. The van der Waals surface area contributed by atoms with E-state index in [0.717, 1.165) is 27.3 Å². The van der Waals surface area contributed by atoms with Crippen molar-refractivity contribution in [1.82, 2.24) is 5.32 Å². The van der Waals surface area contributed by atoms with Gasteiger partial charge >= 0.3 is 0 Å². The summed E-state index contributed by atoms with van der Waals surface area (Å²) >= 11 is 12.1. The molecular weight excluding hydrogens is 443 g/mol. The van der Waals surface area contributed by atoms with Gasteiger partial charge in [-0.15, -0.1) is 0 Å². The summed E-state index contributed by atoms with van der Waals surface area (Å²) in [5, 5.41) is 3.56. The average Bonchev–Trinajstić information content (AvgIpc) is 2.60. The Morgan fingerprint density at radius 2 is 1.53 bits per heavy atom. The number of nitrogens with zero attached hydrogens (tertiary/aromatic N) is 1. The van der Waals surface area contributed by atoms with E-state index in [1.165, 1.54) is 23.8 Å². The number of benzene rings is 2. The number of aryl methyl sites for hydroxylation is 3. The van der Waals surface area contributed by atoms with E-state index in [9.17, 15) is 13.2 Å². The fraction of sp³-hybridized carbons (Fsp3) is 0.409. The van der Waals surface area contributed by atoms with Crippen LogP contribution >= 0.6 is 23.2 Å². The Morgan fingerprint density at radius 3 is 2.03 bits per heavy atom. The van der Waals surface area contributed by atoms with Gasteiger partial charge in [-0.1, -0.05) is 42.3 Å². The Bertz CT molecular complexity index is 1030. The smallest absolute Gasteiger partial charge is 0.244 e. The summed E-state index contributed by atoms with van der Waals surface area (Å²) in [6, 6.07) is 7.41. The molecule has 2 atom stereocenters. The van der Waals surface area contributed by atoms with Crippen LogP contribution in [0.25, 0.3) is 0 Å². The van der Waals surface area contributed by atoms with E-state index >= 15 is 0 Å². The van der Waals surface area contributed by atoms with Crippen molar-refractivity contribution in [3.8, 4) is 0 Å². The number of hydrogen-bond donors (Lipinski definition) is 1. The van der Waals surface area contributed by atoms with E-state index in [-0.39, 0.29) is 24.1 Å². The van der Waals surface area contributed by atoms with Crippen molar-refractivity contribution in [3.63, 3.8) is 0 Å². The molecule has 0 bridgehead atoms. The molecule has 0 radical (unpaired) electrons. The maximum absolute atomic E-state index is 13.2. The molecule has 0 fully saturated rings. The highest BCUT2D eigenvalue weighted by atomic mass is 35.5. The van der Waals surface area contributed by atoms with Crippen LogP contribution in [0.4, 0.5) is 5.69 Å². The van der Waals surface area contributed by atoms with Gasteiger partial charge in [0.1, 0.15) is 6.04 Å². The number of rotatable bonds is 7. The molecule has 2 aromatic carbocycles. The molecule has 1 amide bonds. The van der Waals surface area contributed by atoms with E-state index in [0.29, 0.717) is 10.0 Å². The van der Waals surface area contributed by atoms with Gasteiger partial charge in [-0.25, -0.2) is 8.42 Å². The second kappa shape index (κ2) is 9.58. The predicted molar refractivity (Wildman–Crippen MR) is 125 cm³/mol. The van der Waals surface area contributed by atoms with Gasteiger partial charge in [-0.2, -0.15) is 0 Å². The molecule has 0 saturated heterocycles. The molecule has 0 aromatic heterocycles. The molecule has 0 spiro atoms. The molecule has 0 aliphatic rings. The zero-order chi connectivity index (χ0) is 22.8. The topological polar surface area (TPSA) is 66.5 Å². The summed E-state index contributed by atoms with van der Waals surface area (Å²) < 4.78 is 26.3. The van der Waals surface area contributed by atoms with E-state index in [1.807, 2.05) is 27.7 Å². The maximum Gasteiger partial charge on any atom is 0.244 e. The summed E-state index contributed by atoms with van der Waals surface area (Å²) in [4.78, 5) is 13.2. The highest BCUT2D eigenvalue weighted by Crippen LogP contribution is 2.30. The van der Waals surface area contributed by atoms with Gasteiger partial charge in [0.15, 0.2) is 0 Å². The largest absolute Gasteiger partial charge is 0.348 e. The number of halogens is 2. The van der Waals surface area contributed by atoms with Gasteiger partial charge in [0.05, 0.1) is 18.0 Å². The zero-order valence-corrected chi connectivity index (χ0v) is 20.4. The molecular formula is C22H28Cl2N2O3S. The molecule has 164 valence electrons. The van der Waals surface area contributed by atoms with E-state index in [2.05, 4.69) is 17.4 Å². The fourth-order valence-electron chi connectivity index (χ4n) is 3.56. The number of carbonyl (C=O) groups excluding carboxylic acids is 1. The van der Waals surface area contributed by atoms with Crippen LogP contribution in [0, 0.1) is 20.8 Å². The molecule has 30 heavy (non-hydrogen) atoms. The number of amides is 1. The van der Waals surface area contributed by atoms with Gasteiger partial charge in [0.25, 0.3) is 0 Å². The standard InChI is InChI=1S/C22H28Cl2N2O3S/c1-7-21(26(30(6,28)29)19-11-17(23)10-18(24)12-19)22(27)25-16(5)20-9-14(3)13(2)8-15(20)4/h8-12,16,21H,7H2,1-6H3,(H,25,27). The first-order valence-electron chi connectivity index (χ1n) is 9.68. The molecule has 0 aliphatic heterocycles. The number of nitrogens with one attached hydrogen (secondary N) is 1. The summed E-state index contributed by atoms with van der Waals surface area (Å²) in [5.41, 5.74) is 4.64. The third kappa shape index (κ3) is 5.68. The van der Waals surface area contributed by atoms with Gasteiger partial charge < -0.3 is 5.32 Å². The van der Waals surface area contributed by atoms with Crippen LogP contribution < -0.4 is 9.62 Å². The van der Waals surface area contributed by atoms with Crippen LogP contribution in [0.2, 0.25) is 10.0 Å². The molecule has 8 heteroatoms. The molecule has 0 saturated carbocycles. The van der Waals surface area contributed by atoms with Crippen LogP contribution in [0.15, 0.2) is 30.3 Å². The first-order valence-corrected chi connectivity index (χ1v) is 12.3. The monoisotopic (exact) mass is 470 g/mol. The normalized spacial score (nSPS) is 13.6. The lowest BCUT2D eigenvalue weighted by Crippen LogP contribution is -2.49. The van der Waals surface area contributed by atoms with Crippen LogP contribution in [-0.2, 0) is 14.8 Å². The van der Waals surface area contributed by atoms with Crippen molar-refractivity contribution in [3.05, 3.63) is 62.6 Å². The van der Waals surface area contributed by atoms with E-state index in [4.69, 9.17) is 23.2 Å². The van der Waals surface area contributed by atoms with Crippen LogP contribution in [0.1, 0.15) is 48.6 Å². The van der Waals surface area contributed by atoms with Crippen molar-refractivity contribution >= 4 is 44.8 Å². The van der Waals surface area contributed by atoms with E-state index in [1.54, 1.807) is 6.92 Å². The minimum absolute atomic E-state index is 0.256. The molecule has 0 aliphatic carbocycles. The van der Waals surface area contributed by atoms with Crippen molar-refractivity contribution in [2.45, 2.75) is 53.1 Å². The Hall–Kier alpha value is -1.76. The summed E-state index contributed by atoms with van der Waals surface area (Å²) in [7, 11) is -3.77. The molecule has 0 heterocycles. The van der Waals surface area contributed by atoms with Crippen LogP contribution in [0.5, 0.6) is 0 Å². The molecule has 5 nitrogen and oxygen atoms in total. The van der Waals surface area contributed by atoms with Crippen LogP contribution in [0.3, 0.4) is 0 Å². The van der Waals surface area contributed by atoms with Gasteiger partial charge in [-0.3, -0.25) is 9.10 Å². The van der Waals surface area contributed by atoms with E-state index < -0.39 is 16.1 Å². The lowest BCUT2D eigenvalue weighted by atomic mass is 9.96. The first-order chi connectivity index (χ1) is 13.8. The molecule has 2 unspecified atom stereocenters. The van der Waals surface area contributed by atoms with Gasteiger partial charge in [0.2, 0.25) is 15.9 Å². The van der Waals surface area contributed by atoms with Gasteiger partial charge in [-0.05, 0) is 74.6 Å². The van der Waals surface area contributed by atoms with Crippen molar-refractivity contribution in [2.75, 3.05) is 10.6 Å². The molecule has 2 aromatic rings. The molecule has 2 rings (SSSR count). The predicted octanol–water partition coefficient (Wildman–Crippen LogP) is 5.34. The Labute approximate surface area is 189 Å². The van der Waals surface area contributed by atoms with Crippen molar-refractivity contribution in [1.29, 1.82) is 0 Å².